The van der Waals surface area contributed by atoms with Crippen molar-refractivity contribution in [1.82, 2.24) is 29.4 Å². The standard InChI is InChI=1S/C86H114N6O38S4/c1-45-71(117-49(5)95)75(121-53(9)99)79(125-57(13)103)83(115-45)131-31-27-87-37-65(107)88(29-33-133-85-81(127-59(15)105)77(123-55(11)101)73(119-51(7)97)63(129-85)43-113-47(3)93)38-67(109)90(28-32-132-84-80(126-58(14)104)76(122-54(10)100)72(46(2)116-84)118-50(6)96)40-69(111)92(36-62-25-21-18-22-26-62)42-70(112)91(35-61-23-19-17-20-24-61)41-68(110)89(39-66(87)108)30-34-134-86-82(128-60(16)106)78(124-56(12)102)74(120-52(8)98)64(130-86)44-114-48(4)94/h17-26,45-46,63-64,71-86H,27-44H2,1-16H3/t45-,46-,63+,64+,71+,72+,73-,74-,75+,76+,77-,78-,79-,80-,81+,82+,83+,84+,85-,86-/m0/s1. The van der Waals surface area contributed by atoms with Gasteiger partial charge in [-0.25, -0.2) is 0 Å². The van der Waals surface area contributed by atoms with Crippen molar-refractivity contribution < 1.29 is 181 Å². The summed E-state index contributed by atoms with van der Waals surface area (Å²) in [5.74, 6) is -20.0. The SMILES string of the molecule is CC(=O)OC[C@H]1O[C@@H](SCCN2CC(=O)N(CCS[C@H]3O[C@@H](C)[C@@H](OC(C)=O)[C@@H](OC(C)=O)[C@@H]3OC(C)=O)CC(=O)N(Cc3ccccc3)CC(=O)N(Cc3ccccc3)CC(=O)N(CCS[C@@H]3O[C@H](COC(C)=O)[C@H](OC(C)=O)[C@H](OC(C)=O)[C@H]3OC(C)=O)CC(=O)N(CCS[C@H]3O[C@@H](C)[C@@H](OC(C)=O)[C@@H](OC(C)=O)[C@@H]3OC(C)=O)CC2=O)[C@H](OC(C)=O)[C@@H](OC(C)=O)[C@H]1OC(C)=O. The van der Waals surface area contributed by atoms with Crippen LogP contribution < -0.4 is 0 Å². The average Bonchev–Trinajstić information content (AvgIpc) is 0.797. The monoisotopic (exact) mass is 1970 g/mol. The topological polar surface area (TPSA) is 527 Å². The molecule has 0 unspecified atom stereocenters. The number of thioether (sulfide) groups is 4. The fourth-order valence-electron chi connectivity index (χ4n) is 14.8. The van der Waals surface area contributed by atoms with Crippen LogP contribution in [0.25, 0.3) is 0 Å². The van der Waals surface area contributed by atoms with E-state index in [1.807, 2.05) is 0 Å². The summed E-state index contributed by atoms with van der Waals surface area (Å²) in [6, 6.07) is 16.5. The van der Waals surface area contributed by atoms with Gasteiger partial charge in [0.2, 0.25) is 35.4 Å². The summed E-state index contributed by atoms with van der Waals surface area (Å²) in [5, 5.41) is 0. The summed E-state index contributed by atoms with van der Waals surface area (Å²) in [5.41, 5.74) is -4.77. The molecule has 48 heteroatoms. The number of benzene rings is 2. The fraction of sp³-hybridized carbons (Fsp3) is 0.628. The molecule has 0 spiro atoms. The van der Waals surface area contributed by atoms with Crippen LogP contribution in [-0.4, -0.2) is 369 Å². The lowest BCUT2D eigenvalue weighted by Crippen LogP contribution is -2.61. The van der Waals surface area contributed by atoms with Gasteiger partial charge in [-0.3, -0.25) is 95.9 Å². The molecule has 2 aromatic rings. The van der Waals surface area contributed by atoms with Gasteiger partial charge in [0.1, 0.15) is 60.3 Å². The van der Waals surface area contributed by atoms with Crippen LogP contribution in [0.3, 0.4) is 0 Å². The van der Waals surface area contributed by atoms with Gasteiger partial charge >= 0.3 is 83.6 Å². The van der Waals surface area contributed by atoms with Crippen molar-refractivity contribution in [3.8, 4) is 0 Å². The van der Waals surface area contributed by atoms with E-state index in [9.17, 15) is 67.1 Å². The number of carbonyl (C=O) groups is 20. The third-order valence-corrected chi connectivity index (χ3v) is 24.7. The largest absolute Gasteiger partial charge is 0.463 e. The first-order valence-electron chi connectivity index (χ1n) is 42.4. The molecule has 44 nitrogen and oxygen atoms in total. The molecule has 0 saturated carbocycles. The van der Waals surface area contributed by atoms with E-state index in [2.05, 4.69) is 0 Å². The fourth-order valence-corrected chi connectivity index (χ4v) is 19.6. The van der Waals surface area contributed by atoms with Gasteiger partial charge in [-0.1, -0.05) is 60.7 Å². The lowest BCUT2D eigenvalue weighted by molar-refractivity contribution is -0.237. The number of hydrogen-bond donors (Lipinski definition) is 0. The van der Waals surface area contributed by atoms with Crippen LogP contribution in [0.15, 0.2) is 60.7 Å². The number of rotatable bonds is 36. The summed E-state index contributed by atoms with van der Waals surface area (Å²) < 4.78 is 104. The zero-order valence-electron chi connectivity index (χ0n) is 76.9. The Bertz CT molecular complexity index is 4500. The molecule has 7 rings (SSSR count). The Kier molecular flexibility index (Phi) is 43.9. The predicted octanol–water partition coefficient (Wildman–Crippen LogP) is 1.55. The number of ether oxygens (including phenoxy) is 18. The van der Waals surface area contributed by atoms with Gasteiger partial charge in [-0.2, -0.15) is 0 Å². The number of amides is 6. The highest BCUT2D eigenvalue weighted by molar-refractivity contribution is 8.00. The Morgan fingerprint density at radius 1 is 0.261 bits per heavy atom. The highest BCUT2D eigenvalue weighted by Crippen LogP contribution is 2.40. The van der Waals surface area contributed by atoms with Crippen molar-refractivity contribution in [1.29, 1.82) is 0 Å². The molecule has 5 aliphatic rings. The van der Waals surface area contributed by atoms with E-state index in [0.717, 1.165) is 173 Å². The predicted molar refractivity (Wildman–Crippen MR) is 466 cm³/mol. The summed E-state index contributed by atoms with van der Waals surface area (Å²) in [4.78, 5) is 282. The summed E-state index contributed by atoms with van der Waals surface area (Å²) in [6.45, 7) is 7.46. The molecule has 0 aromatic heterocycles. The van der Waals surface area contributed by atoms with Gasteiger partial charge in [0.25, 0.3) is 0 Å². The molecular weight excluding hydrogens is 1850 g/mol. The summed E-state index contributed by atoms with van der Waals surface area (Å²) in [7, 11) is 0. The third-order valence-electron chi connectivity index (χ3n) is 20.2. The van der Waals surface area contributed by atoms with Crippen molar-refractivity contribution in [3.63, 3.8) is 0 Å². The number of carbonyl (C=O) groups excluding carboxylic acids is 20. The van der Waals surface area contributed by atoms with Gasteiger partial charge < -0.3 is 115 Å². The van der Waals surface area contributed by atoms with Crippen LogP contribution in [0.2, 0.25) is 0 Å². The minimum absolute atomic E-state index is 0.276. The molecule has 0 N–H and O–H groups in total. The van der Waals surface area contributed by atoms with Gasteiger partial charge in [-0.05, 0) is 25.0 Å². The molecule has 5 heterocycles. The van der Waals surface area contributed by atoms with E-state index in [1.165, 1.54) is 13.8 Å². The van der Waals surface area contributed by atoms with Crippen LogP contribution >= 0.6 is 47.0 Å². The lowest BCUT2D eigenvalue weighted by Gasteiger charge is -2.44. The minimum atomic E-state index is -1.70. The quantitative estimate of drug-likeness (QED) is 0.0690. The second kappa shape index (κ2) is 53.4. The minimum Gasteiger partial charge on any atom is -0.463 e. The van der Waals surface area contributed by atoms with Gasteiger partial charge in [0, 0.05) is 159 Å². The molecule has 134 heavy (non-hydrogen) atoms. The van der Waals surface area contributed by atoms with Crippen molar-refractivity contribution in [2.75, 3.05) is 102 Å². The molecule has 740 valence electrons. The first-order valence-corrected chi connectivity index (χ1v) is 46.6. The molecule has 5 saturated heterocycles. The average molecular weight is 1970 g/mol. The number of hydrogen-bond acceptors (Lipinski definition) is 42. The smallest absolute Gasteiger partial charge is 0.303 e. The maximum atomic E-state index is 16.3. The van der Waals surface area contributed by atoms with E-state index in [1.54, 1.807) is 60.7 Å². The Labute approximate surface area is 789 Å². The summed E-state index contributed by atoms with van der Waals surface area (Å²) in [6.07, 6.45) is -23.9. The molecule has 0 aliphatic carbocycles. The maximum absolute atomic E-state index is 16.3. The number of nitrogens with zero attached hydrogens (tertiary/aromatic N) is 6. The van der Waals surface area contributed by atoms with Crippen molar-refractivity contribution >= 4 is 166 Å². The summed E-state index contributed by atoms with van der Waals surface area (Å²) >= 11 is 3.28. The highest BCUT2D eigenvalue weighted by atomic mass is 32.2. The van der Waals surface area contributed by atoms with E-state index < -0.39 is 323 Å². The molecular formula is C86H114N6O38S4. The second-order valence-corrected chi connectivity index (χ2v) is 36.0. The molecule has 2 aromatic carbocycles. The maximum Gasteiger partial charge on any atom is 0.303 e. The molecule has 5 aliphatic heterocycles. The van der Waals surface area contributed by atoms with Crippen LogP contribution in [0.4, 0.5) is 0 Å². The molecule has 6 amide bonds. The zero-order valence-corrected chi connectivity index (χ0v) is 80.1. The van der Waals surface area contributed by atoms with Gasteiger partial charge in [0.15, 0.2) is 73.2 Å². The zero-order chi connectivity index (χ0) is 99.1. The lowest BCUT2D eigenvalue weighted by atomic mass is 9.99. The van der Waals surface area contributed by atoms with Crippen LogP contribution in [-0.2, 0) is 194 Å². The Morgan fingerprint density at radius 2 is 0.455 bits per heavy atom. The Hall–Kier alpha value is -10.9. The molecule has 0 bridgehead atoms. The van der Waals surface area contributed by atoms with Crippen LogP contribution in [0.5, 0.6) is 0 Å². The van der Waals surface area contributed by atoms with E-state index in [-0.39, 0.29) is 30.3 Å². The normalized spacial score (nSPS) is 26.8. The first kappa shape index (κ1) is 110. The van der Waals surface area contributed by atoms with E-state index in [0.29, 0.717) is 11.1 Å². The van der Waals surface area contributed by atoms with Gasteiger partial charge in [-0.15, -0.1) is 47.0 Å². The van der Waals surface area contributed by atoms with Crippen LogP contribution in [0.1, 0.15) is 122 Å². The number of esters is 14. The molecule has 0 radical (unpaired) electrons. The Balaban J connectivity index is 1.45. The van der Waals surface area contributed by atoms with Crippen molar-refractivity contribution in [3.05, 3.63) is 71.8 Å². The van der Waals surface area contributed by atoms with E-state index in [4.69, 9.17) is 85.3 Å². The molecule has 5 fully saturated rings. The highest BCUT2D eigenvalue weighted by Gasteiger charge is 2.56. The third kappa shape index (κ3) is 35.1. The van der Waals surface area contributed by atoms with Gasteiger partial charge in [0.05, 0.1) is 38.4 Å². The Morgan fingerprint density at radius 3 is 0.687 bits per heavy atom. The second-order valence-electron chi connectivity index (χ2n) is 31.2. The van der Waals surface area contributed by atoms with Crippen molar-refractivity contribution in [2.45, 2.75) is 243 Å². The first-order chi connectivity index (χ1) is 63.2. The van der Waals surface area contributed by atoms with E-state index >= 15 is 28.8 Å². The molecule has 20 atom stereocenters. The van der Waals surface area contributed by atoms with Crippen molar-refractivity contribution in [2.24, 2.45) is 0 Å². The van der Waals surface area contributed by atoms with Crippen LogP contribution in [0, 0.1) is 0 Å².